The molecule has 17 heavy (non-hydrogen) atoms. The molecule has 0 unspecified atom stereocenters. The van der Waals surface area contributed by atoms with Gasteiger partial charge in [0.25, 0.3) is 0 Å². The van der Waals surface area contributed by atoms with Crippen LogP contribution in [-0.4, -0.2) is 6.54 Å². The van der Waals surface area contributed by atoms with E-state index in [2.05, 4.69) is 18.3 Å². The van der Waals surface area contributed by atoms with Gasteiger partial charge in [0.1, 0.15) is 0 Å². The van der Waals surface area contributed by atoms with E-state index in [0.29, 0.717) is 5.41 Å². The van der Waals surface area contributed by atoms with Crippen LogP contribution >= 0.6 is 12.4 Å². The van der Waals surface area contributed by atoms with E-state index >= 15 is 0 Å². The predicted molar refractivity (Wildman–Crippen MR) is 72.1 cm³/mol. The molecule has 1 aromatic carbocycles. The normalized spacial score (nSPS) is 15.8. The maximum absolute atomic E-state index is 8.69. The zero-order valence-electron chi connectivity index (χ0n) is 10.2. The van der Waals surface area contributed by atoms with Gasteiger partial charge in [-0.15, -0.1) is 12.4 Å². The van der Waals surface area contributed by atoms with Gasteiger partial charge in [0.15, 0.2) is 0 Å². The average Bonchev–Trinajstić information content (AvgIpc) is 3.11. The van der Waals surface area contributed by atoms with Crippen LogP contribution in [0, 0.1) is 16.7 Å². The van der Waals surface area contributed by atoms with Gasteiger partial charge in [0.2, 0.25) is 0 Å². The van der Waals surface area contributed by atoms with Gasteiger partial charge in [-0.05, 0) is 42.4 Å². The van der Waals surface area contributed by atoms with Crippen LogP contribution in [0.5, 0.6) is 0 Å². The fourth-order valence-electron chi connectivity index (χ4n) is 2.00. The fraction of sp³-hybridized carbons (Fsp3) is 0.500. The Balaban J connectivity index is 0.00000144. The first-order valence-corrected chi connectivity index (χ1v) is 5.98. The van der Waals surface area contributed by atoms with Crippen molar-refractivity contribution >= 4 is 12.4 Å². The molecule has 3 heteroatoms. The zero-order valence-corrected chi connectivity index (χ0v) is 11.0. The molecule has 0 spiro atoms. The monoisotopic (exact) mass is 250 g/mol. The maximum Gasteiger partial charge on any atom is 0.0991 e. The van der Waals surface area contributed by atoms with Crippen molar-refractivity contribution < 1.29 is 0 Å². The molecule has 0 amide bonds. The lowest BCUT2D eigenvalue weighted by Crippen LogP contribution is -2.23. The SMILES string of the molecule is CCC1(CNCc2ccc(C#N)cc2)CC1.Cl. The summed E-state index contributed by atoms with van der Waals surface area (Å²) in [5.74, 6) is 0. The molecule has 1 fully saturated rings. The van der Waals surface area contributed by atoms with Crippen molar-refractivity contribution in [1.29, 1.82) is 5.26 Å². The van der Waals surface area contributed by atoms with E-state index in [1.807, 2.05) is 24.3 Å². The third kappa shape index (κ3) is 3.73. The van der Waals surface area contributed by atoms with E-state index in [1.54, 1.807) is 0 Å². The molecule has 1 aliphatic rings. The van der Waals surface area contributed by atoms with E-state index in [9.17, 15) is 0 Å². The van der Waals surface area contributed by atoms with Crippen LogP contribution in [0.4, 0.5) is 0 Å². The van der Waals surface area contributed by atoms with E-state index in [1.165, 1.54) is 24.8 Å². The summed E-state index contributed by atoms with van der Waals surface area (Å²) in [6, 6.07) is 9.94. The first-order chi connectivity index (χ1) is 7.78. The molecule has 1 saturated carbocycles. The lowest BCUT2D eigenvalue weighted by Gasteiger charge is -2.13. The van der Waals surface area contributed by atoms with Crippen molar-refractivity contribution in [1.82, 2.24) is 5.32 Å². The molecule has 1 N–H and O–H groups in total. The molecule has 0 radical (unpaired) electrons. The first-order valence-electron chi connectivity index (χ1n) is 5.98. The van der Waals surface area contributed by atoms with E-state index in [4.69, 9.17) is 5.26 Å². The smallest absolute Gasteiger partial charge is 0.0991 e. The number of halogens is 1. The second-order valence-electron chi connectivity index (χ2n) is 4.77. The van der Waals surface area contributed by atoms with E-state index in [0.717, 1.165) is 18.7 Å². The van der Waals surface area contributed by atoms with Gasteiger partial charge in [0, 0.05) is 13.1 Å². The Kier molecular flexibility index (Phi) is 4.99. The average molecular weight is 251 g/mol. The molecular formula is C14H19ClN2. The molecule has 0 saturated heterocycles. The first kappa shape index (κ1) is 14.0. The second kappa shape index (κ2) is 6.05. The number of hydrogen-bond donors (Lipinski definition) is 1. The summed E-state index contributed by atoms with van der Waals surface area (Å²) < 4.78 is 0. The van der Waals surface area contributed by atoms with Crippen molar-refractivity contribution in [2.75, 3.05) is 6.54 Å². The summed E-state index contributed by atoms with van der Waals surface area (Å²) >= 11 is 0. The standard InChI is InChI=1S/C14H18N2.ClH/c1-2-14(7-8-14)11-16-10-13-5-3-12(9-15)4-6-13;/h3-6,16H,2,7-8,10-11H2,1H3;1H. The second-order valence-corrected chi connectivity index (χ2v) is 4.77. The molecule has 2 nitrogen and oxygen atoms in total. The minimum absolute atomic E-state index is 0. The van der Waals surface area contributed by atoms with Gasteiger partial charge in [-0.3, -0.25) is 0 Å². The number of rotatable bonds is 5. The Bertz CT molecular complexity index is 388. The summed E-state index contributed by atoms with van der Waals surface area (Å²) in [5, 5.41) is 12.2. The highest BCUT2D eigenvalue weighted by Gasteiger charge is 2.39. The molecule has 2 rings (SSSR count). The number of nitrogens with zero attached hydrogens (tertiary/aromatic N) is 1. The molecule has 0 aromatic heterocycles. The molecule has 92 valence electrons. The van der Waals surface area contributed by atoms with Gasteiger partial charge in [-0.1, -0.05) is 19.1 Å². The van der Waals surface area contributed by atoms with Crippen LogP contribution in [-0.2, 0) is 6.54 Å². The van der Waals surface area contributed by atoms with E-state index < -0.39 is 0 Å². The maximum atomic E-state index is 8.69. The largest absolute Gasteiger partial charge is 0.312 e. The minimum atomic E-state index is 0. The van der Waals surface area contributed by atoms with Crippen LogP contribution in [0.2, 0.25) is 0 Å². The lowest BCUT2D eigenvalue weighted by molar-refractivity contribution is 0.443. The third-order valence-corrected chi connectivity index (χ3v) is 3.62. The van der Waals surface area contributed by atoms with Crippen LogP contribution in [0.25, 0.3) is 0 Å². The minimum Gasteiger partial charge on any atom is -0.312 e. The predicted octanol–water partition coefficient (Wildman–Crippen LogP) is 3.26. The Morgan fingerprint density at radius 2 is 1.94 bits per heavy atom. The summed E-state index contributed by atoms with van der Waals surface area (Å²) in [4.78, 5) is 0. The summed E-state index contributed by atoms with van der Waals surface area (Å²) in [6.07, 6.45) is 4.04. The summed E-state index contributed by atoms with van der Waals surface area (Å²) in [7, 11) is 0. The topological polar surface area (TPSA) is 35.8 Å². The van der Waals surface area contributed by atoms with Crippen molar-refractivity contribution in [3.05, 3.63) is 35.4 Å². The number of nitrogens with one attached hydrogen (secondary N) is 1. The zero-order chi connectivity index (χ0) is 11.4. The van der Waals surface area contributed by atoms with Crippen LogP contribution < -0.4 is 5.32 Å². The van der Waals surface area contributed by atoms with Crippen LogP contribution in [0.1, 0.15) is 37.3 Å². The number of benzene rings is 1. The molecule has 1 aromatic rings. The number of hydrogen-bond acceptors (Lipinski definition) is 2. The van der Waals surface area contributed by atoms with Crippen molar-refractivity contribution in [3.8, 4) is 6.07 Å². The summed E-state index contributed by atoms with van der Waals surface area (Å²) in [5.41, 5.74) is 2.59. The Labute approximate surface area is 109 Å². The van der Waals surface area contributed by atoms with Gasteiger partial charge in [-0.25, -0.2) is 0 Å². The molecule has 0 aliphatic heterocycles. The van der Waals surface area contributed by atoms with Crippen molar-refractivity contribution in [2.45, 2.75) is 32.7 Å². The molecular weight excluding hydrogens is 232 g/mol. The Morgan fingerprint density at radius 3 is 2.41 bits per heavy atom. The van der Waals surface area contributed by atoms with Crippen molar-refractivity contribution in [3.63, 3.8) is 0 Å². The van der Waals surface area contributed by atoms with Gasteiger partial charge in [0.05, 0.1) is 11.6 Å². The Morgan fingerprint density at radius 1 is 1.29 bits per heavy atom. The molecule has 1 aliphatic carbocycles. The summed E-state index contributed by atoms with van der Waals surface area (Å²) in [6.45, 7) is 4.31. The lowest BCUT2D eigenvalue weighted by atomic mass is 10.0. The quantitative estimate of drug-likeness (QED) is 0.871. The molecule has 0 bridgehead atoms. The highest BCUT2D eigenvalue weighted by atomic mass is 35.5. The number of nitriles is 1. The van der Waals surface area contributed by atoms with E-state index in [-0.39, 0.29) is 12.4 Å². The molecule has 0 heterocycles. The Hall–Kier alpha value is -1.04. The van der Waals surface area contributed by atoms with Gasteiger partial charge >= 0.3 is 0 Å². The highest BCUT2D eigenvalue weighted by molar-refractivity contribution is 5.85. The van der Waals surface area contributed by atoms with Gasteiger partial charge < -0.3 is 5.32 Å². The third-order valence-electron chi connectivity index (χ3n) is 3.62. The van der Waals surface area contributed by atoms with Crippen LogP contribution in [0.15, 0.2) is 24.3 Å². The van der Waals surface area contributed by atoms with Crippen LogP contribution in [0.3, 0.4) is 0 Å². The molecule has 0 atom stereocenters. The van der Waals surface area contributed by atoms with Crippen molar-refractivity contribution in [2.24, 2.45) is 5.41 Å². The highest BCUT2D eigenvalue weighted by Crippen LogP contribution is 2.47. The van der Waals surface area contributed by atoms with Gasteiger partial charge in [-0.2, -0.15) is 5.26 Å². The fourth-order valence-corrected chi connectivity index (χ4v) is 2.00.